The van der Waals surface area contributed by atoms with Crippen molar-refractivity contribution in [2.24, 2.45) is 0 Å². The highest BCUT2D eigenvalue weighted by Crippen LogP contribution is 2.47. The summed E-state index contributed by atoms with van der Waals surface area (Å²) in [5, 5.41) is -0.575. The first-order chi connectivity index (χ1) is 35.8. The van der Waals surface area contributed by atoms with Gasteiger partial charge in [0.15, 0.2) is 48.1 Å². The van der Waals surface area contributed by atoms with Crippen molar-refractivity contribution in [3.05, 3.63) is 133 Å². The molecule has 3 unspecified atom stereocenters. The number of ether oxygens (including phenoxy) is 13. The summed E-state index contributed by atoms with van der Waals surface area (Å²) in [6, 6.07) is 29.0. The van der Waals surface area contributed by atoms with E-state index in [9.17, 15) is 0 Å². The fourth-order valence-electron chi connectivity index (χ4n) is 9.82. The van der Waals surface area contributed by atoms with Gasteiger partial charge in [-0.25, -0.2) is 4.39 Å². The van der Waals surface area contributed by atoms with Crippen LogP contribution in [0, 0.1) is 0 Å². The number of alkyl halides is 1. The summed E-state index contributed by atoms with van der Waals surface area (Å²) in [6.45, 7) is 29.8. The third-order valence-corrected chi connectivity index (χ3v) is 24.9. The van der Waals surface area contributed by atoms with Gasteiger partial charge in [-0.1, -0.05) is 145 Å². The molecule has 6 fully saturated rings. The second-order valence-electron chi connectivity index (χ2n) is 23.2. The molecule has 6 heterocycles. The zero-order chi connectivity index (χ0) is 53.3. The average Bonchev–Trinajstić information content (AvgIpc) is 3.39. The molecule has 75 heavy (non-hydrogen) atoms. The lowest BCUT2D eigenvalue weighted by atomic mass is 9.94. The number of benzene rings is 3. The lowest BCUT2D eigenvalue weighted by molar-refractivity contribution is -0.422. The van der Waals surface area contributed by atoms with Gasteiger partial charge in [-0.3, -0.25) is 0 Å². The lowest BCUT2D eigenvalue weighted by Crippen LogP contribution is -2.70. The van der Waals surface area contributed by atoms with Crippen LogP contribution in [0.15, 0.2) is 116 Å². The number of hydrogen-bond donors (Lipinski definition) is 0. The van der Waals surface area contributed by atoms with E-state index < -0.39 is 128 Å². The third-order valence-electron chi connectivity index (χ3n) is 15.9. The average molecular weight is 1080 g/mol. The van der Waals surface area contributed by atoms with Crippen LogP contribution < -0.4 is 0 Å². The quantitative estimate of drug-likeness (QED) is 0.0936. The van der Waals surface area contributed by atoms with Gasteiger partial charge in [-0.05, 0) is 36.3 Å². The number of halogens is 1. The summed E-state index contributed by atoms with van der Waals surface area (Å²) in [5.41, 5.74) is 2.44. The van der Waals surface area contributed by atoms with Gasteiger partial charge in [0.05, 0.1) is 33.0 Å². The van der Waals surface area contributed by atoms with Crippen molar-refractivity contribution in [1.29, 1.82) is 0 Å². The highest BCUT2D eigenvalue weighted by molar-refractivity contribution is 6.74. The lowest BCUT2D eigenvalue weighted by Gasteiger charge is -2.55. The maximum Gasteiger partial charge on any atom is 0.227 e. The zero-order valence-corrected chi connectivity index (χ0v) is 47.2. The zero-order valence-electron chi connectivity index (χ0n) is 45.2. The molecule has 18 heteroatoms. The summed E-state index contributed by atoms with van der Waals surface area (Å²) in [7, 11) is -5.44. The molecular formula is C57H79FO15Si2. The van der Waals surface area contributed by atoms with Crippen LogP contribution in [0.4, 0.5) is 4.39 Å². The highest BCUT2D eigenvalue weighted by atomic mass is 28.4. The fraction of sp³-hybridized carbons (Fsp3) is 0.614. The molecule has 18 atom stereocenters. The topological polar surface area (TPSA) is 138 Å². The maximum atomic E-state index is 17.2. The SMILES string of the molecule is C=CCO[C@@H]1[C@@H](O[C@H]2O[C@@H]3COC(c4ccccc4)O[C@H]3[C@H](OCC=C)[C@H]2O[Si](C)(C)C(C)(C)C)[C@@H](O[C@@H]2[C@@H](O[Si](C)(C)C(C)(C)C)[C@H](F)O[C@@H]3COC(c4ccccc4)O[C@@H]23)O[C@@H]2COC(c3ccccc3)O[C@@H]12. The van der Waals surface area contributed by atoms with E-state index in [1.165, 1.54) is 0 Å². The van der Waals surface area contributed by atoms with Crippen molar-refractivity contribution in [2.75, 3.05) is 33.0 Å². The second kappa shape index (κ2) is 23.7. The van der Waals surface area contributed by atoms with Crippen LogP contribution in [0.5, 0.6) is 0 Å². The van der Waals surface area contributed by atoms with Crippen molar-refractivity contribution in [2.45, 2.75) is 189 Å². The molecule has 0 amide bonds. The summed E-state index contributed by atoms with van der Waals surface area (Å²) in [6.07, 6.45) is -14.2. The monoisotopic (exact) mass is 1080 g/mol. The Morgan fingerprint density at radius 1 is 0.480 bits per heavy atom. The van der Waals surface area contributed by atoms with Crippen molar-refractivity contribution < 1.29 is 74.8 Å². The molecule has 6 aliphatic heterocycles. The molecule has 15 nitrogen and oxygen atoms in total. The summed E-state index contributed by atoms with van der Waals surface area (Å²) in [4.78, 5) is 0. The number of fused-ring (bicyclic) bond motifs is 3. The van der Waals surface area contributed by atoms with Crippen molar-refractivity contribution >= 4 is 16.6 Å². The van der Waals surface area contributed by atoms with Crippen LogP contribution in [0.2, 0.25) is 36.3 Å². The minimum atomic E-state index is -2.75. The molecule has 6 aliphatic rings. The minimum absolute atomic E-state index is 0.0212. The predicted molar refractivity (Wildman–Crippen MR) is 281 cm³/mol. The van der Waals surface area contributed by atoms with Crippen LogP contribution in [-0.2, 0) is 70.4 Å². The molecule has 3 aromatic carbocycles. The molecule has 0 spiro atoms. The normalized spacial score (nSPS) is 36.6. The predicted octanol–water partition coefficient (Wildman–Crippen LogP) is 10.2. The summed E-state index contributed by atoms with van der Waals surface area (Å²) < 4.78 is 120. The van der Waals surface area contributed by atoms with Crippen LogP contribution >= 0.6 is 0 Å². The Hall–Kier alpha value is -3.10. The van der Waals surface area contributed by atoms with E-state index in [4.69, 9.17) is 70.4 Å². The Bertz CT molecular complexity index is 2300. The molecule has 3 aromatic rings. The number of hydrogen-bond acceptors (Lipinski definition) is 15. The maximum absolute atomic E-state index is 17.2. The Kier molecular flexibility index (Phi) is 17.9. The van der Waals surface area contributed by atoms with Gasteiger partial charge in [-0.2, -0.15) is 0 Å². The largest absolute Gasteiger partial charge is 0.406 e. The molecule has 0 saturated carbocycles. The Balaban J connectivity index is 1.14. The minimum Gasteiger partial charge on any atom is -0.406 e. The van der Waals surface area contributed by atoms with Crippen molar-refractivity contribution in [1.82, 2.24) is 0 Å². The molecule has 0 aliphatic carbocycles. The summed E-state index contributed by atoms with van der Waals surface area (Å²) >= 11 is 0. The van der Waals surface area contributed by atoms with Gasteiger partial charge in [0, 0.05) is 16.7 Å². The van der Waals surface area contributed by atoms with Gasteiger partial charge in [0.1, 0.15) is 73.2 Å². The standard InChI is InChI=1S/C57H79FO15Si2/c1-13-30-59-44-41-39(33-62-51(67-41)35-24-18-15-19-25-35)65-54(70-46-43-38(32-61-53(69-43)37-28-22-17-23-29-37)64-50(58)47(46)72-74(9,10)56(3,4)5)48(44)71-55-49(73-75(11,12)57(6,7)8)45(60-31-14-2)42-40(66-55)34-63-52(68-42)36-26-20-16-21-27-36/h13-29,38-55H,1-2,30-34H2,3-12H3/t38-,39-,40-,41-,42-,43-,44+,45+,46+,47-,48-,49-,50-,51?,52?,53?,54-,55-/m1/s1. The van der Waals surface area contributed by atoms with Crippen LogP contribution in [-0.4, -0.2) is 142 Å². The Morgan fingerprint density at radius 3 is 1.23 bits per heavy atom. The first-order valence-electron chi connectivity index (χ1n) is 26.4. The van der Waals surface area contributed by atoms with Gasteiger partial charge in [-0.15, -0.1) is 13.2 Å². The van der Waals surface area contributed by atoms with E-state index in [1.807, 2.05) is 91.0 Å². The first-order valence-corrected chi connectivity index (χ1v) is 32.3. The molecule has 0 radical (unpaired) electrons. The molecular weight excluding hydrogens is 1000 g/mol. The Morgan fingerprint density at radius 2 is 0.827 bits per heavy atom. The third kappa shape index (κ3) is 12.5. The van der Waals surface area contributed by atoms with E-state index in [0.717, 1.165) is 16.7 Å². The molecule has 0 N–H and O–H groups in total. The van der Waals surface area contributed by atoms with E-state index in [2.05, 4.69) is 80.9 Å². The molecule has 412 valence electrons. The summed E-state index contributed by atoms with van der Waals surface area (Å²) in [5.74, 6) is 0. The number of rotatable bonds is 17. The molecule has 0 aromatic heterocycles. The van der Waals surface area contributed by atoms with Crippen LogP contribution in [0.3, 0.4) is 0 Å². The van der Waals surface area contributed by atoms with Crippen molar-refractivity contribution in [3.8, 4) is 0 Å². The smallest absolute Gasteiger partial charge is 0.227 e. The second-order valence-corrected chi connectivity index (χ2v) is 32.7. The van der Waals surface area contributed by atoms with Crippen molar-refractivity contribution in [3.63, 3.8) is 0 Å². The van der Waals surface area contributed by atoms with Gasteiger partial charge in [0.25, 0.3) is 0 Å². The van der Waals surface area contributed by atoms with Crippen LogP contribution in [0.1, 0.15) is 77.1 Å². The van der Waals surface area contributed by atoms with Gasteiger partial charge >= 0.3 is 0 Å². The first kappa shape index (κ1) is 56.6. The fourth-order valence-corrected chi connectivity index (χ4v) is 12.4. The van der Waals surface area contributed by atoms with Gasteiger partial charge in [0.2, 0.25) is 6.36 Å². The van der Waals surface area contributed by atoms with E-state index in [1.54, 1.807) is 12.2 Å². The van der Waals surface area contributed by atoms with Crippen LogP contribution in [0.25, 0.3) is 0 Å². The van der Waals surface area contributed by atoms with E-state index in [0.29, 0.717) is 0 Å². The highest BCUT2D eigenvalue weighted by Gasteiger charge is 2.61. The molecule has 0 bridgehead atoms. The Labute approximate surface area is 444 Å². The molecule has 6 saturated heterocycles. The van der Waals surface area contributed by atoms with Gasteiger partial charge < -0.3 is 70.4 Å². The molecule has 9 rings (SSSR count). The van der Waals surface area contributed by atoms with E-state index >= 15 is 4.39 Å². The van der Waals surface area contributed by atoms with E-state index in [-0.39, 0.29) is 43.1 Å².